The van der Waals surface area contributed by atoms with Crippen LogP contribution in [0.25, 0.3) is 0 Å². The van der Waals surface area contributed by atoms with Crippen LogP contribution in [0.4, 0.5) is 5.69 Å². The Kier molecular flexibility index (Phi) is 5.96. The van der Waals surface area contributed by atoms with E-state index in [0.29, 0.717) is 36.7 Å². The summed E-state index contributed by atoms with van der Waals surface area (Å²) in [7, 11) is 1.37. The predicted molar refractivity (Wildman–Crippen MR) is 102 cm³/mol. The molecule has 0 spiro atoms. The van der Waals surface area contributed by atoms with Crippen molar-refractivity contribution in [2.75, 3.05) is 25.9 Å². The van der Waals surface area contributed by atoms with Gasteiger partial charge in [-0.25, -0.2) is 0 Å². The monoisotopic (exact) mass is 368 g/mol. The van der Waals surface area contributed by atoms with E-state index in [9.17, 15) is 9.59 Å². The Morgan fingerprint density at radius 3 is 2.67 bits per heavy atom. The van der Waals surface area contributed by atoms with Crippen LogP contribution < -0.4 is 10.5 Å². The third-order valence-corrected chi connectivity index (χ3v) is 4.74. The van der Waals surface area contributed by atoms with Crippen molar-refractivity contribution in [1.82, 2.24) is 4.90 Å². The van der Waals surface area contributed by atoms with Crippen molar-refractivity contribution < 1.29 is 19.1 Å². The first kappa shape index (κ1) is 18.8. The molecule has 1 fully saturated rings. The van der Waals surface area contributed by atoms with E-state index >= 15 is 0 Å². The Morgan fingerprint density at radius 2 is 1.96 bits per heavy atom. The predicted octanol–water partition coefficient (Wildman–Crippen LogP) is 2.87. The SMILES string of the molecule is COC(=O)C1CCCN(C(=O)c2ccc(OCc3ccccc3)c(N)c2)C1. The number of esters is 1. The number of methoxy groups -OCH3 is 1. The zero-order valence-electron chi connectivity index (χ0n) is 15.4. The molecule has 1 atom stereocenters. The number of piperidine rings is 1. The topological polar surface area (TPSA) is 81.9 Å². The number of carbonyl (C=O) groups is 2. The van der Waals surface area contributed by atoms with Gasteiger partial charge in [0.25, 0.3) is 5.91 Å². The standard InChI is InChI=1S/C21H24N2O4/c1-26-21(25)17-8-5-11-23(13-17)20(24)16-9-10-19(18(22)12-16)27-14-15-6-3-2-4-7-15/h2-4,6-7,9-10,12,17H,5,8,11,13-14,22H2,1H3. The smallest absolute Gasteiger partial charge is 0.310 e. The molecule has 1 heterocycles. The normalized spacial score (nSPS) is 16.6. The van der Waals surface area contributed by atoms with Crippen LogP contribution in [0.1, 0.15) is 28.8 Å². The second-order valence-corrected chi connectivity index (χ2v) is 6.64. The summed E-state index contributed by atoms with van der Waals surface area (Å²) < 4.78 is 10.6. The van der Waals surface area contributed by atoms with E-state index in [0.717, 1.165) is 18.4 Å². The van der Waals surface area contributed by atoms with Gasteiger partial charge in [-0.1, -0.05) is 30.3 Å². The molecule has 1 unspecified atom stereocenters. The van der Waals surface area contributed by atoms with Crippen molar-refractivity contribution in [3.63, 3.8) is 0 Å². The van der Waals surface area contributed by atoms with E-state index in [1.54, 1.807) is 23.1 Å². The minimum absolute atomic E-state index is 0.134. The third kappa shape index (κ3) is 4.58. The maximum atomic E-state index is 12.8. The lowest BCUT2D eigenvalue weighted by molar-refractivity contribution is -0.146. The lowest BCUT2D eigenvalue weighted by atomic mass is 9.97. The van der Waals surface area contributed by atoms with Crippen LogP contribution in [-0.2, 0) is 16.1 Å². The molecule has 0 aliphatic carbocycles. The number of anilines is 1. The van der Waals surface area contributed by atoms with Crippen LogP contribution in [0.2, 0.25) is 0 Å². The number of hydrogen-bond donors (Lipinski definition) is 1. The van der Waals surface area contributed by atoms with Gasteiger partial charge in [0.15, 0.2) is 0 Å². The van der Waals surface area contributed by atoms with Crippen LogP contribution in [0.3, 0.4) is 0 Å². The number of amides is 1. The molecule has 2 N–H and O–H groups in total. The first-order valence-electron chi connectivity index (χ1n) is 9.02. The van der Waals surface area contributed by atoms with Gasteiger partial charge in [0.2, 0.25) is 0 Å². The van der Waals surface area contributed by atoms with E-state index in [1.165, 1.54) is 7.11 Å². The highest BCUT2D eigenvalue weighted by atomic mass is 16.5. The number of nitrogen functional groups attached to an aromatic ring is 1. The van der Waals surface area contributed by atoms with Gasteiger partial charge in [-0.05, 0) is 36.6 Å². The molecule has 6 heteroatoms. The van der Waals surface area contributed by atoms with Gasteiger partial charge in [-0.3, -0.25) is 9.59 Å². The molecule has 3 rings (SSSR count). The molecule has 0 saturated carbocycles. The minimum Gasteiger partial charge on any atom is -0.487 e. The number of likely N-dealkylation sites (tertiary alicyclic amines) is 1. The maximum absolute atomic E-state index is 12.8. The van der Waals surface area contributed by atoms with Crippen LogP contribution in [0.5, 0.6) is 5.75 Å². The molecule has 1 saturated heterocycles. The van der Waals surface area contributed by atoms with E-state index in [4.69, 9.17) is 15.2 Å². The Bertz CT molecular complexity index is 807. The van der Waals surface area contributed by atoms with Crippen molar-refractivity contribution >= 4 is 17.6 Å². The average Bonchev–Trinajstić information content (AvgIpc) is 2.72. The molecular weight excluding hydrogens is 344 g/mol. The summed E-state index contributed by atoms with van der Waals surface area (Å²) in [5, 5.41) is 0. The molecule has 27 heavy (non-hydrogen) atoms. The van der Waals surface area contributed by atoms with Gasteiger partial charge in [0.05, 0.1) is 18.7 Å². The highest BCUT2D eigenvalue weighted by Gasteiger charge is 2.29. The number of nitrogens with two attached hydrogens (primary N) is 1. The van der Waals surface area contributed by atoms with Gasteiger partial charge >= 0.3 is 5.97 Å². The van der Waals surface area contributed by atoms with Crippen LogP contribution in [0, 0.1) is 5.92 Å². The highest BCUT2D eigenvalue weighted by Crippen LogP contribution is 2.26. The van der Waals surface area contributed by atoms with Crippen molar-refractivity contribution in [2.24, 2.45) is 5.92 Å². The Morgan fingerprint density at radius 1 is 1.19 bits per heavy atom. The molecule has 0 bridgehead atoms. The molecule has 1 amide bonds. The Balaban J connectivity index is 1.65. The zero-order chi connectivity index (χ0) is 19.2. The number of ether oxygens (including phenoxy) is 2. The first-order valence-corrected chi connectivity index (χ1v) is 9.02. The second kappa shape index (κ2) is 8.58. The summed E-state index contributed by atoms with van der Waals surface area (Å²) in [6.07, 6.45) is 1.52. The Labute approximate surface area is 158 Å². The molecule has 0 radical (unpaired) electrons. The highest BCUT2D eigenvalue weighted by molar-refractivity contribution is 5.95. The van der Waals surface area contributed by atoms with Crippen molar-refractivity contribution in [1.29, 1.82) is 0 Å². The zero-order valence-corrected chi connectivity index (χ0v) is 15.4. The summed E-state index contributed by atoms with van der Waals surface area (Å²) in [6, 6.07) is 14.8. The minimum atomic E-state index is -0.267. The molecular formula is C21H24N2O4. The summed E-state index contributed by atoms with van der Waals surface area (Å²) in [5.41, 5.74) is 8.03. The fourth-order valence-corrected chi connectivity index (χ4v) is 3.25. The largest absolute Gasteiger partial charge is 0.487 e. The van der Waals surface area contributed by atoms with Crippen molar-refractivity contribution in [3.8, 4) is 5.75 Å². The molecule has 6 nitrogen and oxygen atoms in total. The summed E-state index contributed by atoms with van der Waals surface area (Å²) in [4.78, 5) is 26.2. The second-order valence-electron chi connectivity index (χ2n) is 6.64. The first-order chi connectivity index (χ1) is 13.1. The van der Waals surface area contributed by atoms with E-state index in [-0.39, 0.29) is 17.8 Å². The molecule has 142 valence electrons. The number of carbonyl (C=O) groups excluding carboxylic acids is 2. The van der Waals surface area contributed by atoms with Crippen molar-refractivity contribution in [3.05, 3.63) is 59.7 Å². The van der Waals surface area contributed by atoms with Gasteiger partial charge in [-0.2, -0.15) is 0 Å². The van der Waals surface area contributed by atoms with Crippen molar-refractivity contribution in [2.45, 2.75) is 19.4 Å². The fraction of sp³-hybridized carbons (Fsp3) is 0.333. The summed E-state index contributed by atoms with van der Waals surface area (Å²) in [5.74, 6) is -0.124. The molecule has 1 aliphatic rings. The van der Waals surface area contributed by atoms with Crippen LogP contribution >= 0.6 is 0 Å². The summed E-state index contributed by atoms with van der Waals surface area (Å²) >= 11 is 0. The molecule has 2 aromatic rings. The number of nitrogens with zero attached hydrogens (tertiary/aromatic N) is 1. The lowest BCUT2D eigenvalue weighted by Crippen LogP contribution is -2.42. The van der Waals surface area contributed by atoms with Crippen LogP contribution in [-0.4, -0.2) is 37.0 Å². The maximum Gasteiger partial charge on any atom is 0.310 e. The number of benzene rings is 2. The number of rotatable bonds is 5. The number of hydrogen-bond acceptors (Lipinski definition) is 5. The van der Waals surface area contributed by atoms with Gasteiger partial charge < -0.3 is 20.1 Å². The molecule has 1 aliphatic heterocycles. The quantitative estimate of drug-likeness (QED) is 0.648. The van der Waals surface area contributed by atoms with Gasteiger partial charge in [0.1, 0.15) is 12.4 Å². The Hall–Kier alpha value is -3.02. The van der Waals surface area contributed by atoms with Gasteiger partial charge in [-0.15, -0.1) is 0 Å². The van der Waals surface area contributed by atoms with Crippen LogP contribution in [0.15, 0.2) is 48.5 Å². The fourth-order valence-electron chi connectivity index (χ4n) is 3.25. The average molecular weight is 368 g/mol. The van der Waals surface area contributed by atoms with E-state index in [2.05, 4.69) is 0 Å². The van der Waals surface area contributed by atoms with Gasteiger partial charge in [0, 0.05) is 18.7 Å². The van der Waals surface area contributed by atoms with E-state index < -0.39 is 0 Å². The lowest BCUT2D eigenvalue weighted by Gasteiger charge is -2.31. The molecule has 2 aromatic carbocycles. The molecule has 0 aromatic heterocycles. The summed E-state index contributed by atoms with van der Waals surface area (Å²) in [6.45, 7) is 1.40. The third-order valence-electron chi connectivity index (χ3n) is 4.74. The van der Waals surface area contributed by atoms with E-state index in [1.807, 2.05) is 30.3 Å².